The van der Waals surface area contributed by atoms with E-state index < -0.39 is 40.0 Å². The number of unbranched alkanes of at least 4 members (excludes halogenated alkanes) is 1. The van der Waals surface area contributed by atoms with Crippen LogP contribution in [0.25, 0.3) is 0 Å². The minimum absolute atomic E-state index is 0.0903. The fraction of sp³-hybridized carbons (Fsp3) is 0.400. The zero-order valence-corrected chi connectivity index (χ0v) is 19.6. The minimum atomic E-state index is -1.69. The largest absolute Gasteiger partial charge is 0.367 e. The summed E-state index contributed by atoms with van der Waals surface area (Å²) >= 11 is 0. The number of nitro benzene ring substituents is 1. The highest BCUT2D eigenvalue weighted by Gasteiger charge is 2.62. The number of non-ortho nitro benzene ring substituents is 1. The van der Waals surface area contributed by atoms with Crippen LogP contribution in [0.3, 0.4) is 0 Å². The average Bonchev–Trinajstić information content (AvgIpc) is 2.83. The number of fused-ring (bicyclic) bond motifs is 1. The summed E-state index contributed by atoms with van der Waals surface area (Å²) in [4.78, 5) is 54.3. The number of hydrogen-bond donors (Lipinski definition) is 1. The SMILES string of the molecule is CCCCN1c2ccc([N+](=O)[O-])cc2C[C@@]2(C(=O)NC(=O)N(c3ccc(F)cc3)C2=O)[C@@H]1CCC. The monoisotopic (exact) mass is 482 g/mol. The van der Waals surface area contributed by atoms with Crippen molar-refractivity contribution in [2.24, 2.45) is 5.41 Å². The molecule has 0 bridgehead atoms. The summed E-state index contributed by atoms with van der Waals surface area (Å²) in [6.07, 6.45) is 2.72. The molecule has 1 saturated heterocycles. The Balaban J connectivity index is 1.91. The maximum Gasteiger partial charge on any atom is 0.335 e. The van der Waals surface area contributed by atoms with Gasteiger partial charge in [-0.15, -0.1) is 0 Å². The van der Waals surface area contributed by atoms with Crippen molar-refractivity contribution in [2.75, 3.05) is 16.3 Å². The van der Waals surface area contributed by atoms with Crippen LogP contribution in [0.2, 0.25) is 0 Å². The Bertz CT molecular complexity index is 1180. The Kier molecular flexibility index (Phi) is 6.56. The van der Waals surface area contributed by atoms with Crippen LogP contribution in [0.5, 0.6) is 0 Å². The average molecular weight is 483 g/mol. The van der Waals surface area contributed by atoms with E-state index in [0.717, 1.165) is 35.6 Å². The molecule has 2 aliphatic rings. The third-order valence-corrected chi connectivity index (χ3v) is 6.81. The molecule has 1 fully saturated rings. The van der Waals surface area contributed by atoms with Gasteiger partial charge in [-0.3, -0.25) is 25.0 Å². The van der Waals surface area contributed by atoms with E-state index in [4.69, 9.17) is 0 Å². The van der Waals surface area contributed by atoms with Crippen LogP contribution in [-0.4, -0.2) is 35.4 Å². The van der Waals surface area contributed by atoms with Crippen LogP contribution in [0.4, 0.5) is 26.2 Å². The molecule has 9 nitrogen and oxygen atoms in total. The molecule has 1 spiro atoms. The number of barbiturate groups is 1. The van der Waals surface area contributed by atoms with Crippen molar-refractivity contribution >= 4 is 34.9 Å². The summed E-state index contributed by atoms with van der Waals surface area (Å²) in [5.74, 6) is -1.96. The number of halogens is 1. The number of benzene rings is 2. The van der Waals surface area contributed by atoms with Gasteiger partial charge in [0.25, 0.3) is 11.6 Å². The van der Waals surface area contributed by atoms with E-state index in [1.165, 1.54) is 24.3 Å². The van der Waals surface area contributed by atoms with Gasteiger partial charge in [0, 0.05) is 30.8 Å². The topological polar surface area (TPSA) is 113 Å². The van der Waals surface area contributed by atoms with Crippen molar-refractivity contribution < 1.29 is 23.7 Å². The molecule has 0 unspecified atom stereocenters. The molecular weight excluding hydrogens is 455 g/mol. The molecular formula is C25H27FN4O5. The van der Waals surface area contributed by atoms with Gasteiger partial charge < -0.3 is 4.90 Å². The van der Waals surface area contributed by atoms with E-state index >= 15 is 0 Å². The lowest BCUT2D eigenvalue weighted by Crippen LogP contribution is -2.72. The summed E-state index contributed by atoms with van der Waals surface area (Å²) < 4.78 is 13.5. The highest BCUT2D eigenvalue weighted by Crippen LogP contribution is 2.47. The predicted molar refractivity (Wildman–Crippen MR) is 128 cm³/mol. The van der Waals surface area contributed by atoms with Crippen molar-refractivity contribution in [1.82, 2.24) is 5.32 Å². The summed E-state index contributed by atoms with van der Waals surface area (Å²) in [7, 11) is 0. The zero-order valence-electron chi connectivity index (χ0n) is 19.6. The second-order valence-electron chi connectivity index (χ2n) is 8.95. The Hall–Kier alpha value is -3.82. The highest BCUT2D eigenvalue weighted by atomic mass is 19.1. The van der Waals surface area contributed by atoms with Crippen LogP contribution >= 0.6 is 0 Å². The van der Waals surface area contributed by atoms with Gasteiger partial charge >= 0.3 is 6.03 Å². The number of nitro groups is 1. The summed E-state index contributed by atoms with van der Waals surface area (Å²) in [6, 6.07) is 7.91. The molecule has 184 valence electrons. The van der Waals surface area contributed by atoms with E-state index in [0.29, 0.717) is 24.9 Å². The smallest absolute Gasteiger partial charge is 0.335 e. The van der Waals surface area contributed by atoms with Crippen LogP contribution < -0.4 is 15.1 Å². The van der Waals surface area contributed by atoms with Crippen molar-refractivity contribution in [3.05, 3.63) is 64.0 Å². The predicted octanol–water partition coefficient (Wildman–Crippen LogP) is 4.33. The van der Waals surface area contributed by atoms with E-state index in [-0.39, 0.29) is 17.8 Å². The zero-order chi connectivity index (χ0) is 25.3. The number of hydrogen-bond acceptors (Lipinski definition) is 6. The number of nitrogens with one attached hydrogen (secondary N) is 1. The molecule has 10 heteroatoms. The van der Waals surface area contributed by atoms with Crippen LogP contribution in [-0.2, 0) is 16.0 Å². The lowest BCUT2D eigenvalue weighted by Gasteiger charge is -2.52. The van der Waals surface area contributed by atoms with Gasteiger partial charge in [-0.1, -0.05) is 26.7 Å². The second-order valence-corrected chi connectivity index (χ2v) is 8.95. The molecule has 2 aromatic rings. The molecule has 4 amide bonds. The summed E-state index contributed by atoms with van der Waals surface area (Å²) in [5, 5.41) is 13.8. The number of rotatable bonds is 7. The number of amides is 4. The Morgan fingerprint density at radius 1 is 1.11 bits per heavy atom. The molecule has 35 heavy (non-hydrogen) atoms. The van der Waals surface area contributed by atoms with E-state index in [1.54, 1.807) is 6.07 Å². The second kappa shape index (κ2) is 9.44. The van der Waals surface area contributed by atoms with Crippen molar-refractivity contribution in [2.45, 2.75) is 52.0 Å². The van der Waals surface area contributed by atoms with Crippen LogP contribution in [0.15, 0.2) is 42.5 Å². The number of imide groups is 2. The minimum Gasteiger partial charge on any atom is -0.367 e. The third kappa shape index (κ3) is 4.02. The number of carbonyl (C=O) groups excluding carboxylic acids is 3. The number of nitrogens with zero attached hydrogens (tertiary/aromatic N) is 3. The Labute approximate surface area is 202 Å². The van der Waals surface area contributed by atoms with Gasteiger partial charge in [0.2, 0.25) is 5.91 Å². The quantitative estimate of drug-likeness (QED) is 0.357. The number of carbonyl (C=O) groups is 3. The van der Waals surface area contributed by atoms with Crippen molar-refractivity contribution in [1.29, 1.82) is 0 Å². The van der Waals surface area contributed by atoms with E-state index in [1.807, 2.05) is 18.7 Å². The third-order valence-electron chi connectivity index (χ3n) is 6.81. The van der Waals surface area contributed by atoms with Gasteiger partial charge in [-0.25, -0.2) is 14.1 Å². The molecule has 1 N–H and O–H groups in total. The molecule has 2 aromatic carbocycles. The lowest BCUT2D eigenvalue weighted by atomic mass is 9.67. The molecule has 4 rings (SSSR count). The number of urea groups is 1. The van der Waals surface area contributed by atoms with Crippen molar-refractivity contribution in [3.8, 4) is 0 Å². The van der Waals surface area contributed by atoms with Gasteiger partial charge in [0.05, 0.1) is 16.7 Å². The molecule has 0 saturated carbocycles. The highest BCUT2D eigenvalue weighted by molar-refractivity contribution is 6.30. The number of anilines is 2. The fourth-order valence-corrected chi connectivity index (χ4v) is 5.17. The molecule has 2 atom stereocenters. The maximum absolute atomic E-state index is 14.1. The molecule has 0 aromatic heterocycles. The first-order valence-corrected chi connectivity index (χ1v) is 11.7. The fourth-order valence-electron chi connectivity index (χ4n) is 5.17. The van der Waals surface area contributed by atoms with Gasteiger partial charge in [0.15, 0.2) is 5.41 Å². The van der Waals surface area contributed by atoms with Gasteiger partial charge in [0.1, 0.15) is 5.82 Å². The molecule has 2 aliphatic heterocycles. The first-order valence-electron chi connectivity index (χ1n) is 11.7. The first-order chi connectivity index (χ1) is 16.7. The van der Waals surface area contributed by atoms with Gasteiger partial charge in [-0.2, -0.15) is 0 Å². The Morgan fingerprint density at radius 2 is 1.83 bits per heavy atom. The molecule has 2 heterocycles. The standard InChI is InChI=1S/C25H27FN4O5/c1-3-5-13-28-20-12-11-19(30(34)35)14-16(20)15-25(21(28)6-4-2)22(31)27-24(33)29(23(25)32)18-9-7-17(26)8-10-18/h7-12,14,21H,3-6,13,15H2,1-2H3,(H,27,31,33)/t21-,25-/m0/s1. The first kappa shape index (κ1) is 24.3. The van der Waals surface area contributed by atoms with E-state index in [2.05, 4.69) is 5.32 Å². The van der Waals surface area contributed by atoms with Crippen molar-refractivity contribution in [3.63, 3.8) is 0 Å². The maximum atomic E-state index is 14.1. The molecule has 0 radical (unpaired) electrons. The summed E-state index contributed by atoms with van der Waals surface area (Å²) in [5.41, 5.74) is -0.438. The molecule has 0 aliphatic carbocycles. The lowest BCUT2D eigenvalue weighted by molar-refractivity contribution is -0.384. The van der Waals surface area contributed by atoms with Crippen LogP contribution in [0, 0.1) is 21.3 Å². The Morgan fingerprint density at radius 3 is 2.46 bits per heavy atom. The van der Waals surface area contributed by atoms with E-state index in [9.17, 15) is 28.9 Å². The van der Waals surface area contributed by atoms with Gasteiger partial charge in [-0.05, 0) is 48.7 Å². The van der Waals surface area contributed by atoms with Crippen LogP contribution in [0.1, 0.15) is 45.1 Å². The normalized spacial score (nSPS) is 21.8. The summed E-state index contributed by atoms with van der Waals surface area (Å²) in [6.45, 7) is 4.52.